The van der Waals surface area contributed by atoms with Crippen LogP contribution >= 0.6 is 11.8 Å². The molecule has 0 bridgehead atoms. The summed E-state index contributed by atoms with van der Waals surface area (Å²) in [6, 6.07) is 27.3. The highest BCUT2D eigenvalue weighted by Crippen LogP contribution is 2.21. The topological polar surface area (TPSA) is 49.4 Å². The zero-order valence-electron chi connectivity index (χ0n) is 20.2. The third kappa shape index (κ3) is 7.77. The molecule has 0 saturated carbocycles. The number of carbonyl (C=O) groups is 2. The van der Waals surface area contributed by atoms with Gasteiger partial charge in [0.05, 0.1) is 5.75 Å². The van der Waals surface area contributed by atoms with Crippen LogP contribution in [0.2, 0.25) is 0 Å². The van der Waals surface area contributed by atoms with Gasteiger partial charge in [0.15, 0.2) is 0 Å². The molecule has 1 atom stereocenters. The summed E-state index contributed by atoms with van der Waals surface area (Å²) in [7, 11) is 0. The van der Waals surface area contributed by atoms with Gasteiger partial charge < -0.3 is 10.2 Å². The summed E-state index contributed by atoms with van der Waals surface area (Å²) in [5, 5.41) is 3.07. The third-order valence-electron chi connectivity index (χ3n) is 5.66. The second-order valence-electron chi connectivity index (χ2n) is 8.89. The number of nitrogens with one attached hydrogen (secondary N) is 1. The van der Waals surface area contributed by atoms with Crippen LogP contribution in [-0.4, -0.2) is 35.1 Å². The summed E-state index contributed by atoms with van der Waals surface area (Å²) in [5.74, 6) is 0.455. The van der Waals surface area contributed by atoms with Gasteiger partial charge in [0.2, 0.25) is 11.8 Å². The number of carbonyl (C=O) groups excluding carboxylic acids is 2. The third-order valence-corrected chi connectivity index (χ3v) is 6.66. The van der Waals surface area contributed by atoms with Crippen LogP contribution < -0.4 is 5.32 Å². The molecule has 0 aliphatic heterocycles. The minimum absolute atomic E-state index is 0.0438. The van der Waals surface area contributed by atoms with Crippen molar-refractivity contribution in [2.24, 2.45) is 5.92 Å². The molecular weight excluding hydrogens is 440 g/mol. The molecular formula is C29H34N2O2S. The lowest BCUT2D eigenvalue weighted by molar-refractivity contribution is -0.139. The Kier molecular flexibility index (Phi) is 9.77. The van der Waals surface area contributed by atoms with E-state index < -0.39 is 6.04 Å². The molecule has 0 saturated heterocycles. The molecule has 5 heteroatoms. The quantitative estimate of drug-likeness (QED) is 0.373. The van der Waals surface area contributed by atoms with Crippen LogP contribution in [0.1, 0.15) is 30.5 Å². The van der Waals surface area contributed by atoms with E-state index in [4.69, 9.17) is 0 Å². The van der Waals surface area contributed by atoms with E-state index >= 15 is 0 Å². The number of benzene rings is 3. The average molecular weight is 475 g/mol. The first-order valence-corrected chi connectivity index (χ1v) is 12.8. The maximum absolute atomic E-state index is 13.6. The lowest BCUT2D eigenvalue weighted by atomic mass is 10.0. The van der Waals surface area contributed by atoms with E-state index in [0.29, 0.717) is 25.4 Å². The van der Waals surface area contributed by atoms with Gasteiger partial charge in [0.25, 0.3) is 0 Å². The van der Waals surface area contributed by atoms with Crippen molar-refractivity contribution in [3.63, 3.8) is 0 Å². The highest BCUT2D eigenvalue weighted by molar-refractivity contribution is 8.00. The number of hydrogen-bond acceptors (Lipinski definition) is 3. The molecule has 2 amide bonds. The van der Waals surface area contributed by atoms with Crippen molar-refractivity contribution in [3.05, 3.63) is 102 Å². The van der Waals surface area contributed by atoms with E-state index in [0.717, 1.165) is 21.6 Å². The summed E-state index contributed by atoms with van der Waals surface area (Å²) in [5.41, 5.74) is 3.19. The maximum atomic E-state index is 13.6. The Morgan fingerprint density at radius 3 is 2.15 bits per heavy atom. The molecule has 0 spiro atoms. The van der Waals surface area contributed by atoms with Crippen molar-refractivity contribution >= 4 is 23.6 Å². The fourth-order valence-corrected chi connectivity index (χ4v) is 4.50. The molecule has 1 N–H and O–H groups in total. The Balaban J connectivity index is 1.90. The molecule has 0 aromatic heterocycles. The Morgan fingerprint density at radius 1 is 0.882 bits per heavy atom. The summed E-state index contributed by atoms with van der Waals surface area (Å²) in [4.78, 5) is 29.9. The van der Waals surface area contributed by atoms with Crippen LogP contribution in [0.3, 0.4) is 0 Å². The maximum Gasteiger partial charge on any atom is 0.243 e. The van der Waals surface area contributed by atoms with E-state index in [1.54, 1.807) is 4.90 Å². The summed E-state index contributed by atoms with van der Waals surface area (Å²) in [6.45, 7) is 7.16. The molecule has 3 aromatic rings. The highest BCUT2D eigenvalue weighted by Gasteiger charge is 2.30. The average Bonchev–Trinajstić information content (AvgIpc) is 2.85. The first kappa shape index (κ1) is 25.6. The number of hydrogen-bond donors (Lipinski definition) is 1. The van der Waals surface area contributed by atoms with E-state index in [1.807, 2.05) is 91.9 Å². The van der Waals surface area contributed by atoms with Gasteiger partial charge in [0.1, 0.15) is 6.04 Å². The lowest BCUT2D eigenvalue weighted by Crippen LogP contribution is -2.51. The van der Waals surface area contributed by atoms with Crippen LogP contribution in [0.15, 0.2) is 89.8 Å². The molecule has 0 heterocycles. The standard InChI is InChI=1S/C29H34N2O2S/c1-22(2)19-30-29(33)27(18-24-13-6-4-7-14-24)31(20-25-15-11-10-12-23(25)3)28(32)21-34-26-16-8-5-9-17-26/h4-17,22,27H,18-21H2,1-3H3,(H,30,33). The van der Waals surface area contributed by atoms with E-state index in [9.17, 15) is 9.59 Å². The van der Waals surface area contributed by atoms with Gasteiger partial charge in [-0.2, -0.15) is 0 Å². The van der Waals surface area contributed by atoms with Gasteiger partial charge in [-0.1, -0.05) is 86.6 Å². The lowest BCUT2D eigenvalue weighted by Gasteiger charge is -2.32. The zero-order chi connectivity index (χ0) is 24.3. The van der Waals surface area contributed by atoms with E-state index in [2.05, 4.69) is 19.2 Å². The van der Waals surface area contributed by atoms with Gasteiger partial charge >= 0.3 is 0 Å². The predicted molar refractivity (Wildman–Crippen MR) is 141 cm³/mol. The molecule has 0 aliphatic rings. The van der Waals surface area contributed by atoms with E-state index in [-0.39, 0.29) is 17.6 Å². The highest BCUT2D eigenvalue weighted by atomic mass is 32.2. The van der Waals surface area contributed by atoms with Crippen molar-refractivity contribution < 1.29 is 9.59 Å². The Bertz CT molecular complexity index is 1050. The van der Waals surface area contributed by atoms with Gasteiger partial charge in [-0.3, -0.25) is 9.59 Å². The van der Waals surface area contributed by atoms with Crippen LogP contribution in [0, 0.1) is 12.8 Å². The van der Waals surface area contributed by atoms with Crippen molar-refractivity contribution in [3.8, 4) is 0 Å². The fourth-order valence-electron chi connectivity index (χ4n) is 3.69. The molecule has 4 nitrogen and oxygen atoms in total. The van der Waals surface area contributed by atoms with Crippen LogP contribution in [0.4, 0.5) is 0 Å². The second kappa shape index (κ2) is 13.0. The summed E-state index contributed by atoms with van der Waals surface area (Å²) < 4.78 is 0. The summed E-state index contributed by atoms with van der Waals surface area (Å²) >= 11 is 1.50. The predicted octanol–water partition coefficient (Wildman–Crippen LogP) is 5.50. The van der Waals surface area contributed by atoms with Crippen molar-refractivity contribution in [2.75, 3.05) is 12.3 Å². The number of thioether (sulfide) groups is 1. The number of rotatable bonds is 11. The smallest absolute Gasteiger partial charge is 0.243 e. The molecule has 0 fully saturated rings. The first-order chi connectivity index (χ1) is 16.4. The van der Waals surface area contributed by atoms with Gasteiger partial charge in [0, 0.05) is 24.4 Å². The molecule has 0 radical (unpaired) electrons. The molecule has 34 heavy (non-hydrogen) atoms. The SMILES string of the molecule is Cc1ccccc1CN(C(=O)CSc1ccccc1)C(Cc1ccccc1)C(=O)NCC(C)C. The fraction of sp³-hybridized carbons (Fsp3) is 0.310. The molecule has 3 aromatic carbocycles. The molecule has 178 valence electrons. The van der Waals surface area contributed by atoms with Crippen LogP contribution in [-0.2, 0) is 22.6 Å². The normalized spacial score (nSPS) is 11.8. The minimum atomic E-state index is -0.593. The van der Waals surface area contributed by atoms with Crippen molar-refractivity contribution in [2.45, 2.75) is 44.7 Å². The van der Waals surface area contributed by atoms with Crippen LogP contribution in [0.25, 0.3) is 0 Å². The number of nitrogens with zero attached hydrogens (tertiary/aromatic N) is 1. The van der Waals surface area contributed by atoms with Crippen molar-refractivity contribution in [1.82, 2.24) is 10.2 Å². The molecule has 1 unspecified atom stereocenters. The van der Waals surface area contributed by atoms with Gasteiger partial charge in [-0.25, -0.2) is 0 Å². The Labute approximate surface area is 207 Å². The molecule has 0 aliphatic carbocycles. The zero-order valence-corrected chi connectivity index (χ0v) is 21.1. The van der Waals surface area contributed by atoms with E-state index in [1.165, 1.54) is 11.8 Å². The monoisotopic (exact) mass is 474 g/mol. The molecule has 3 rings (SSSR count). The summed E-state index contributed by atoms with van der Waals surface area (Å²) in [6.07, 6.45) is 0.471. The number of amides is 2. The largest absolute Gasteiger partial charge is 0.354 e. The van der Waals surface area contributed by atoms with Gasteiger partial charge in [-0.05, 0) is 41.7 Å². The first-order valence-electron chi connectivity index (χ1n) is 11.8. The van der Waals surface area contributed by atoms with Crippen LogP contribution in [0.5, 0.6) is 0 Å². The second-order valence-corrected chi connectivity index (χ2v) is 9.94. The van der Waals surface area contributed by atoms with Gasteiger partial charge in [-0.15, -0.1) is 11.8 Å². The Morgan fingerprint density at radius 2 is 1.50 bits per heavy atom. The minimum Gasteiger partial charge on any atom is -0.354 e. The Hall–Kier alpha value is -3.05. The van der Waals surface area contributed by atoms with Crippen molar-refractivity contribution in [1.29, 1.82) is 0 Å². The number of aryl methyl sites for hydroxylation is 1.